The van der Waals surface area contributed by atoms with Crippen molar-refractivity contribution < 1.29 is 4.39 Å². The maximum Gasteiger partial charge on any atom is 0.125 e. The number of nitrogens with zero attached hydrogens (tertiary/aromatic N) is 1. The molecule has 98 valence electrons. The van der Waals surface area contributed by atoms with E-state index in [0.29, 0.717) is 0 Å². The SMILES string of the molecule is CC(C)CCNCCn1ccc2ccc(F)cc21. The zero-order valence-corrected chi connectivity index (χ0v) is 11.1. The number of hydrogen-bond donors (Lipinski definition) is 1. The third kappa shape index (κ3) is 3.33. The van der Waals surface area contributed by atoms with Gasteiger partial charge in [-0.2, -0.15) is 0 Å². The van der Waals surface area contributed by atoms with Crippen LogP contribution in [0, 0.1) is 11.7 Å². The first-order valence-corrected chi connectivity index (χ1v) is 6.62. The summed E-state index contributed by atoms with van der Waals surface area (Å²) in [6.07, 6.45) is 3.22. The monoisotopic (exact) mass is 248 g/mol. The average Bonchev–Trinajstić information content (AvgIpc) is 2.71. The Hall–Kier alpha value is -1.35. The zero-order valence-electron chi connectivity index (χ0n) is 11.1. The number of aromatic nitrogens is 1. The van der Waals surface area contributed by atoms with Crippen LogP contribution >= 0.6 is 0 Å². The van der Waals surface area contributed by atoms with Crippen LogP contribution in [0.5, 0.6) is 0 Å². The number of rotatable bonds is 6. The van der Waals surface area contributed by atoms with Crippen LogP contribution in [0.1, 0.15) is 20.3 Å². The summed E-state index contributed by atoms with van der Waals surface area (Å²) in [6, 6.07) is 6.97. The van der Waals surface area contributed by atoms with Crippen molar-refractivity contribution in [2.75, 3.05) is 13.1 Å². The molecule has 0 atom stereocenters. The van der Waals surface area contributed by atoms with Crippen molar-refractivity contribution in [3.8, 4) is 0 Å². The fraction of sp³-hybridized carbons (Fsp3) is 0.467. The Labute approximate surface area is 108 Å². The fourth-order valence-electron chi connectivity index (χ4n) is 2.07. The van der Waals surface area contributed by atoms with Gasteiger partial charge in [0, 0.05) is 19.3 Å². The highest BCUT2D eigenvalue weighted by molar-refractivity contribution is 5.80. The van der Waals surface area contributed by atoms with Gasteiger partial charge in [-0.05, 0) is 48.5 Å². The lowest BCUT2D eigenvalue weighted by molar-refractivity contribution is 0.522. The molecule has 1 heterocycles. The van der Waals surface area contributed by atoms with Gasteiger partial charge in [0.1, 0.15) is 5.82 Å². The van der Waals surface area contributed by atoms with Crippen molar-refractivity contribution in [3.05, 3.63) is 36.3 Å². The van der Waals surface area contributed by atoms with Crippen molar-refractivity contribution in [2.45, 2.75) is 26.8 Å². The van der Waals surface area contributed by atoms with E-state index in [1.54, 1.807) is 6.07 Å². The lowest BCUT2D eigenvalue weighted by Crippen LogP contribution is -2.21. The normalized spacial score (nSPS) is 11.6. The Morgan fingerprint density at radius 1 is 1.22 bits per heavy atom. The molecule has 2 aromatic rings. The molecular formula is C15H21FN2. The summed E-state index contributed by atoms with van der Waals surface area (Å²) in [5, 5.41) is 4.52. The van der Waals surface area contributed by atoms with Gasteiger partial charge < -0.3 is 9.88 Å². The second kappa shape index (κ2) is 6.01. The van der Waals surface area contributed by atoms with Crippen LogP contribution in [-0.2, 0) is 6.54 Å². The van der Waals surface area contributed by atoms with Gasteiger partial charge >= 0.3 is 0 Å². The van der Waals surface area contributed by atoms with E-state index in [-0.39, 0.29) is 5.82 Å². The van der Waals surface area contributed by atoms with Crippen LogP contribution in [0.15, 0.2) is 30.5 Å². The summed E-state index contributed by atoms with van der Waals surface area (Å²) >= 11 is 0. The highest BCUT2D eigenvalue weighted by Crippen LogP contribution is 2.16. The van der Waals surface area contributed by atoms with E-state index in [1.807, 2.05) is 18.3 Å². The second-order valence-corrected chi connectivity index (χ2v) is 5.14. The second-order valence-electron chi connectivity index (χ2n) is 5.14. The highest BCUT2D eigenvalue weighted by atomic mass is 19.1. The van der Waals surface area contributed by atoms with Crippen molar-refractivity contribution in [1.29, 1.82) is 0 Å². The van der Waals surface area contributed by atoms with Crippen molar-refractivity contribution in [1.82, 2.24) is 9.88 Å². The summed E-state index contributed by atoms with van der Waals surface area (Å²) in [7, 11) is 0. The van der Waals surface area contributed by atoms with Gasteiger partial charge in [-0.3, -0.25) is 0 Å². The highest BCUT2D eigenvalue weighted by Gasteiger charge is 2.02. The molecule has 0 saturated carbocycles. The smallest absolute Gasteiger partial charge is 0.125 e. The summed E-state index contributed by atoms with van der Waals surface area (Å²) in [4.78, 5) is 0. The molecular weight excluding hydrogens is 227 g/mol. The molecule has 0 spiro atoms. The van der Waals surface area contributed by atoms with Crippen LogP contribution in [0.4, 0.5) is 4.39 Å². The number of benzene rings is 1. The van der Waals surface area contributed by atoms with Crippen LogP contribution in [0.25, 0.3) is 10.9 Å². The third-order valence-corrected chi connectivity index (χ3v) is 3.16. The Morgan fingerprint density at radius 2 is 2.06 bits per heavy atom. The first kappa shape index (κ1) is 13.1. The molecule has 0 aliphatic carbocycles. The van der Waals surface area contributed by atoms with Gasteiger partial charge in [-0.15, -0.1) is 0 Å². The summed E-state index contributed by atoms with van der Waals surface area (Å²) in [6.45, 7) is 7.30. The molecule has 0 radical (unpaired) electrons. The van der Waals surface area contributed by atoms with E-state index in [4.69, 9.17) is 0 Å². The largest absolute Gasteiger partial charge is 0.346 e. The Bertz CT molecular complexity index is 502. The van der Waals surface area contributed by atoms with Gasteiger partial charge in [0.2, 0.25) is 0 Å². The van der Waals surface area contributed by atoms with E-state index >= 15 is 0 Å². The Balaban J connectivity index is 1.89. The molecule has 1 N–H and O–H groups in total. The standard InChI is InChI=1S/C15H21FN2/c1-12(2)5-7-17-8-10-18-9-6-13-3-4-14(16)11-15(13)18/h3-4,6,9,11-12,17H,5,7-8,10H2,1-2H3. The average molecular weight is 248 g/mol. The van der Waals surface area contributed by atoms with Crippen molar-refractivity contribution in [2.24, 2.45) is 5.92 Å². The predicted molar refractivity (Wildman–Crippen MR) is 74.2 cm³/mol. The first-order chi connectivity index (χ1) is 8.66. The van der Waals surface area contributed by atoms with E-state index < -0.39 is 0 Å². The maximum absolute atomic E-state index is 13.2. The zero-order chi connectivity index (χ0) is 13.0. The number of fused-ring (bicyclic) bond motifs is 1. The molecule has 3 heteroatoms. The van der Waals surface area contributed by atoms with Gasteiger partial charge in [0.25, 0.3) is 0 Å². The number of nitrogens with one attached hydrogen (secondary N) is 1. The van der Waals surface area contributed by atoms with Crippen LogP contribution in [0.3, 0.4) is 0 Å². The Kier molecular flexibility index (Phi) is 4.37. The van der Waals surface area contributed by atoms with E-state index in [0.717, 1.165) is 36.5 Å². The minimum Gasteiger partial charge on any atom is -0.346 e. The summed E-state index contributed by atoms with van der Waals surface area (Å²) in [5.41, 5.74) is 0.973. The molecule has 0 aliphatic heterocycles. The van der Waals surface area contributed by atoms with E-state index in [2.05, 4.69) is 23.7 Å². The van der Waals surface area contributed by atoms with Gasteiger partial charge in [0.05, 0.1) is 5.52 Å². The van der Waals surface area contributed by atoms with Crippen molar-refractivity contribution >= 4 is 10.9 Å². The molecule has 0 bridgehead atoms. The summed E-state index contributed by atoms with van der Waals surface area (Å²) < 4.78 is 15.3. The minimum atomic E-state index is -0.171. The van der Waals surface area contributed by atoms with Gasteiger partial charge in [0.15, 0.2) is 0 Å². The molecule has 0 saturated heterocycles. The number of halogens is 1. The first-order valence-electron chi connectivity index (χ1n) is 6.62. The van der Waals surface area contributed by atoms with Gasteiger partial charge in [-0.25, -0.2) is 4.39 Å². The predicted octanol–water partition coefficient (Wildman–Crippen LogP) is 3.42. The molecule has 2 rings (SSSR count). The Morgan fingerprint density at radius 3 is 2.83 bits per heavy atom. The molecule has 0 fully saturated rings. The minimum absolute atomic E-state index is 0.171. The lowest BCUT2D eigenvalue weighted by atomic mass is 10.1. The van der Waals surface area contributed by atoms with Crippen LogP contribution in [0.2, 0.25) is 0 Å². The quantitative estimate of drug-likeness (QED) is 0.775. The molecule has 0 amide bonds. The number of hydrogen-bond acceptors (Lipinski definition) is 1. The van der Waals surface area contributed by atoms with E-state index in [1.165, 1.54) is 12.5 Å². The van der Waals surface area contributed by atoms with Gasteiger partial charge in [-0.1, -0.05) is 13.8 Å². The van der Waals surface area contributed by atoms with Crippen LogP contribution in [-0.4, -0.2) is 17.7 Å². The van der Waals surface area contributed by atoms with Crippen LogP contribution < -0.4 is 5.32 Å². The topological polar surface area (TPSA) is 17.0 Å². The van der Waals surface area contributed by atoms with Crippen molar-refractivity contribution in [3.63, 3.8) is 0 Å². The summed E-state index contributed by atoms with van der Waals surface area (Å²) in [5.74, 6) is 0.564. The molecule has 1 aromatic heterocycles. The molecule has 1 aromatic carbocycles. The van der Waals surface area contributed by atoms with E-state index in [9.17, 15) is 4.39 Å². The third-order valence-electron chi connectivity index (χ3n) is 3.16. The molecule has 18 heavy (non-hydrogen) atoms. The molecule has 0 unspecified atom stereocenters. The lowest BCUT2D eigenvalue weighted by Gasteiger charge is -2.08. The fourth-order valence-corrected chi connectivity index (χ4v) is 2.07. The maximum atomic E-state index is 13.2. The molecule has 2 nitrogen and oxygen atoms in total. The molecule has 0 aliphatic rings.